The van der Waals surface area contributed by atoms with E-state index in [0.717, 1.165) is 0 Å². The molecule has 0 aliphatic carbocycles. The lowest BCUT2D eigenvalue weighted by molar-refractivity contribution is 0.632. The molecule has 4 aromatic carbocycles. The van der Waals surface area contributed by atoms with Gasteiger partial charge in [0.1, 0.15) is 0 Å². The first-order chi connectivity index (χ1) is 19.2. The van der Waals surface area contributed by atoms with Crippen LogP contribution in [0.1, 0.15) is 74.6 Å². The highest BCUT2D eigenvalue weighted by molar-refractivity contribution is 7.79. The molecule has 0 radical (unpaired) electrons. The Hall–Kier alpha value is -2.26. The Bertz CT molecular complexity index is 1150. The van der Waals surface area contributed by atoms with Gasteiger partial charge in [0.15, 0.2) is 0 Å². The summed E-state index contributed by atoms with van der Waals surface area (Å²) in [4.78, 5) is 0.356. The van der Waals surface area contributed by atoms with E-state index in [1.165, 1.54) is 50.8 Å². The molecule has 2 saturated heterocycles. The van der Waals surface area contributed by atoms with Gasteiger partial charge in [0.05, 0.1) is 0 Å². The van der Waals surface area contributed by atoms with Gasteiger partial charge in [-0.05, 0) is 73.1 Å². The molecule has 0 amide bonds. The number of rotatable bonds is 8. The van der Waals surface area contributed by atoms with Gasteiger partial charge in [-0.15, -0.1) is 0 Å². The number of hydrogen-bond donors (Lipinski definition) is 0. The van der Waals surface area contributed by atoms with Gasteiger partial charge < -0.3 is 0 Å². The summed E-state index contributed by atoms with van der Waals surface area (Å²) in [6, 6.07) is 46.7. The zero-order valence-electron chi connectivity index (χ0n) is 23.6. The van der Waals surface area contributed by atoms with Crippen molar-refractivity contribution in [3.8, 4) is 0 Å². The molecule has 2 aliphatic rings. The quantitative estimate of drug-likeness (QED) is 0.192. The second kappa shape index (κ2) is 11.3. The van der Waals surface area contributed by atoms with E-state index in [2.05, 4.69) is 135 Å². The zero-order valence-corrected chi connectivity index (χ0v) is 25.4. The van der Waals surface area contributed by atoms with Crippen molar-refractivity contribution in [1.29, 1.82) is 0 Å². The molecular formula is C37H42P2. The normalized spacial score (nSPS) is 22.1. The van der Waals surface area contributed by atoms with Gasteiger partial charge in [-0.1, -0.05) is 151 Å². The molecule has 0 nitrogen and oxygen atoms in total. The summed E-state index contributed by atoms with van der Waals surface area (Å²) < 4.78 is 0. The fraction of sp³-hybridized carbons (Fsp3) is 0.351. The topological polar surface area (TPSA) is 0 Å². The van der Waals surface area contributed by atoms with Gasteiger partial charge in [-0.3, -0.25) is 0 Å². The molecule has 0 N–H and O–H groups in total. The van der Waals surface area contributed by atoms with Gasteiger partial charge in [0.2, 0.25) is 0 Å². The highest BCUT2D eigenvalue weighted by Gasteiger charge is 2.61. The number of benzene rings is 4. The van der Waals surface area contributed by atoms with E-state index < -0.39 is 0 Å². The van der Waals surface area contributed by atoms with Crippen LogP contribution in [0.3, 0.4) is 0 Å². The third kappa shape index (κ3) is 4.26. The van der Waals surface area contributed by atoms with E-state index in [0.29, 0.717) is 4.90 Å². The van der Waals surface area contributed by atoms with E-state index in [-0.39, 0.29) is 26.2 Å². The molecule has 0 bridgehead atoms. The molecule has 0 aromatic heterocycles. The zero-order chi connectivity index (χ0) is 26.8. The molecule has 200 valence electrons. The molecule has 2 aliphatic heterocycles. The van der Waals surface area contributed by atoms with Crippen molar-refractivity contribution in [3.63, 3.8) is 0 Å². The van der Waals surface area contributed by atoms with Crippen LogP contribution in [0.4, 0.5) is 0 Å². The fourth-order valence-corrected chi connectivity index (χ4v) is 19.3. The van der Waals surface area contributed by atoms with E-state index in [1.807, 2.05) is 0 Å². The van der Waals surface area contributed by atoms with Crippen LogP contribution in [0.25, 0.3) is 0 Å². The van der Waals surface area contributed by atoms with Gasteiger partial charge >= 0.3 is 0 Å². The Morgan fingerprint density at radius 2 is 0.769 bits per heavy atom. The summed E-state index contributed by atoms with van der Waals surface area (Å²) in [5, 5.41) is 0.266. The highest BCUT2D eigenvalue weighted by Crippen LogP contribution is 2.87. The first-order valence-corrected chi connectivity index (χ1v) is 18.1. The molecule has 2 heteroatoms. The average molecular weight is 549 g/mol. The van der Waals surface area contributed by atoms with Crippen LogP contribution in [0, 0.1) is 0 Å². The Morgan fingerprint density at radius 3 is 1.03 bits per heavy atom. The summed E-state index contributed by atoms with van der Waals surface area (Å²) >= 11 is 0. The molecule has 6 rings (SSSR count). The molecular weight excluding hydrogens is 506 g/mol. The smallest absolute Gasteiger partial charge is 0.0409 e. The van der Waals surface area contributed by atoms with Crippen LogP contribution < -0.4 is 0 Å². The molecule has 2 atom stereocenters. The van der Waals surface area contributed by atoms with Crippen LogP contribution in [0.2, 0.25) is 0 Å². The second-order valence-corrected chi connectivity index (χ2v) is 17.6. The average Bonchev–Trinajstić information content (AvgIpc) is 3.68. The lowest BCUT2D eigenvalue weighted by Gasteiger charge is -2.56. The Morgan fingerprint density at radius 1 is 0.487 bits per heavy atom. The predicted octanol–water partition coefficient (Wildman–Crippen LogP) is 10.9. The molecule has 4 aromatic rings. The minimum Gasteiger partial charge on any atom is -0.0802 e. The summed E-state index contributed by atoms with van der Waals surface area (Å²) in [5.74, 6) is 0. The van der Waals surface area contributed by atoms with Crippen LogP contribution in [-0.2, 0) is 10.3 Å². The molecule has 2 heterocycles. The Labute approximate surface area is 238 Å². The van der Waals surface area contributed by atoms with Crippen molar-refractivity contribution < 1.29 is 0 Å². The van der Waals surface area contributed by atoms with Gasteiger partial charge in [0.25, 0.3) is 0 Å². The van der Waals surface area contributed by atoms with Gasteiger partial charge in [0, 0.05) is 15.2 Å². The van der Waals surface area contributed by atoms with Crippen LogP contribution >= 0.6 is 15.8 Å². The lowest BCUT2D eigenvalue weighted by atomic mass is 9.87. The second-order valence-electron chi connectivity index (χ2n) is 11.4. The third-order valence-corrected chi connectivity index (χ3v) is 19.5. The minimum absolute atomic E-state index is 0.133. The summed E-state index contributed by atoms with van der Waals surface area (Å²) in [7, 11) is -0.629. The predicted molar refractivity (Wildman–Crippen MR) is 173 cm³/mol. The maximum Gasteiger partial charge on any atom is 0.0409 e. The first-order valence-electron chi connectivity index (χ1n) is 15.0. The Kier molecular flexibility index (Phi) is 7.82. The molecule has 2 unspecified atom stereocenters. The maximum absolute atomic E-state index is 2.55. The standard InChI is InChI=1S/C37H42P2/c1-3-35(4-2,38-29-17-27-36(38,31-19-9-5-10-20-31)32-21-11-6-12-22-32)39-30-18-28-37(39,33-23-13-7-14-24-33)34-25-15-8-16-26-34/h5-16,19-26H,3-4,17-18,27-30H2,1-2H3. The largest absolute Gasteiger partial charge is 0.0802 e. The Balaban J connectivity index is 1.60. The summed E-state index contributed by atoms with van der Waals surface area (Å²) in [5.41, 5.74) is 6.24. The molecule has 2 fully saturated rings. The highest BCUT2D eigenvalue weighted by atomic mass is 31.2. The van der Waals surface area contributed by atoms with Crippen molar-refractivity contribution in [2.75, 3.05) is 12.3 Å². The first kappa shape index (κ1) is 26.9. The van der Waals surface area contributed by atoms with E-state index in [9.17, 15) is 0 Å². The summed E-state index contributed by atoms with van der Waals surface area (Å²) in [6.07, 6.45) is 10.6. The molecule has 39 heavy (non-hydrogen) atoms. The van der Waals surface area contributed by atoms with Crippen LogP contribution in [-0.4, -0.2) is 17.2 Å². The van der Waals surface area contributed by atoms with Crippen molar-refractivity contribution in [2.24, 2.45) is 0 Å². The number of hydrogen-bond acceptors (Lipinski definition) is 0. The van der Waals surface area contributed by atoms with Crippen molar-refractivity contribution in [3.05, 3.63) is 144 Å². The van der Waals surface area contributed by atoms with Crippen LogP contribution in [0.5, 0.6) is 0 Å². The monoisotopic (exact) mass is 548 g/mol. The SMILES string of the molecule is CCC(CC)(P1CCCC1(c1ccccc1)c1ccccc1)P1CCCC1(c1ccccc1)c1ccccc1. The van der Waals surface area contributed by atoms with Crippen molar-refractivity contribution in [2.45, 2.75) is 67.6 Å². The van der Waals surface area contributed by atoms with Crippen LogP contribution in [0.15, 0.2) is 121 Å². The van der Waals surface area contributed by atoms with Crippen molar-refractivity contribution in [1.82, 2.24) is 0 Å². The van der Waals surface area contributed by atoms with Gasteiger partial charge in [-0.25, -0.2) is 0 Å². The van der Waals surface area contributed by atoms with E-state index in [1.54, 1.807) is 22.3 Å². The van der Waals surface area contributed by atoms with E-state index in [4.69, 9.17) is 0 Å². The minimum atomic E-state index is -0.315. The molecule has 0 spiro atoms. The maximum atomic E-state index is 2.55. The summed E-state index contributed by atoms with van der Waals surface area (Å²) in [6.45, 7) is 5.10. The molecule has 0 saturated carbocycles. The van der Waals surface area contributed by atoms with Crippen molar-refractivity contribution >= 4 is 15.8 Å². The lowest BCUT2D eigenvalue weighted by Crippen LogP contribution is -2.38. The van der Waals surface area contributed by atoms with E-state index >= 15 is 0 Å². The fourth-order valence-electron chi connectivity index (χ4n) is 8.31. The third-order valence-electron chi connectivity index (χ3n) is 9.90. The van der Waals surface area contributed by atoms with Gasteiger partial charge in [-0.2, -0.15) is 0 Å².